The van der Waals surface area contributed by atoms with Crippen LogP contribution in [0.2, 0.25) is 0 Å². The minimum Gasteiger partial charge on any atom is -0.467 e. The van der Waals surface area contributed by atoms with Gasteiger partial charge in [-0.25, -0.2) is 0 Å². The Morgan fingerprint density at radius 1 is 1.06 bits per heavy atom. The van der Waals surface area contributed by atoms with Gasteiger partial charge in [-0.15, -0.1) is 4.98 Å². The Hall–Kier alpha value is -0.900. The third-order valence-electron chi connectivity index (χ3n) is 2.08. The molecular formula is C10H17IN4O3. The number of halogens is 1. The molecule has 0 radical (unpaired) electrons. The van der Waals surface area contributed by atoms with Crippen molar-refractivity contribution in [3.63, 3.8) is 0 Å². The molecule has 8 heteroatoms. The molecule has 0 saturated carbocycles. The highest BCUT2D eigenvalue weighted by Crippen LogP contribution is 2.14. The van der Waals surface area contributed by atoms with Gasteiger partial charge in [-0.1, -0.05) is 22.6 Å². The Labute approximate surface area is 120 Å². The fourth-order valence-corrected chi connectivity index (χ4v) is 1.45. The predicted octanol–water partition coefficient (Wildman–Crippen LogP) is 0.777. The van der Waals surface area contributed by atoms with Crippen LogP contribution in [0.3, 0.4) is 0 Å². The number of alkyl halides is 1. The highest BCUT2D eigenvalue weighted by molar-refractivity contribution is 14.1. The number of methoxy groups -OCH3 is 2. The molecule has 0 aliphatic heterocycles. The van der Waals surface area contributed by atoms with Gasteiger partial charge in [0.1, 0.15) is 0 Å². The van der Waals surface area contributed by atoms with Crippen molar-refractivity contribution in [1.82, 2.24) is 15.0 Å². The van der Waals surface area contributed by atoms with Crippen LogP contribution < -0.4 is 14.4 Å². The van der Waals surface area contributed by atoms with Crippen molar-refractivity contribution in [3.05, 3.63) is 0 Å². The first-order valence-corrected chi connectivity index (χ1v) is 6.92. The van der Waals surface area contributed by atoms with Gasteiger partial charge in [0.25, 0.3) is 0 Å². The normalized spacial score (nSPS) is 10.2. The first-order valence-electron chi connectivity index (χ1n) is 5.40. The van der Waals surface area contributed by atoms with Crippen molar-refractivity contribution >= 4 is 28.5 Å². The second kappa shape index (κ2) is 8.25. The standard InChI is InChI=1S/C10H17IN4O3/c1-15(5-7-18-6-4-11)8-12-9(16-2)14-10(13-8)17-3/h4-7H2,1-3H3. The zero-order valence-electron chi connectivity index (χ0n) is 10.7. The molecule has 0 unspecified atom stereocenters. The van der Waals surface area contributed by atoms with Crippen LogP contribution in [-0.2, 0) is 4.74 Å². The maximum absolute atomic E-state index is 5.41. The van der Waals surface area contributed by atoms with Crippen LogP contribution in [0.25, 0.3) is 0 Å². The van der Waals surface area contributed by atoms with Gasteiger partial charge in [0.2, 0.25) is 5.95 Å². The van der Waals surface area contributed by atoms with E-state index < -0.39 is 0 Å². The van der Waals surface area contributed by atoms with Crippen LogP contribution in [0, 0.1) is 0 Å². The van der Waals surface area contributed by atoms with Crippen molar-refractivity contribution in [2.24, 2.45) is 0 Å². The van der Waals surface area contributed by atoms with Crippen LogP contribution in [0.4, 0.5) is 5.95 Å². The predicted molar refractivity (Wildman–Crippen MR) is 75.9 cm³/mol. The lowest BCUT2D eigenvalue weighted by molar-refractivity contribution is 0.158. The molecule has 0 aromatic carbocycles. The molecule has 1 aromatic rings. The third kappa shape index (κ3) is 4.77. The molecule has 0 aliphatic rings. The Morgan fingerprint density at radius 2 is 1.67 bits per heavy atom. The summed E-state index contributed by atoms with van der Waals surface area (Å²) in [7, 11) is 4.88. The molecule has 0 bridgehead atoms. The van der Waals surface area contributed by atoms with Crippen molar-refractivity contribution < 1.29 is 14.2 Å². The highest BCUT2D eigenvalue weighted by atomic mass is 127. The molecule has 7 nitrogen and oxygen atoms in total. The van der Waals surface area contributed by atoms with Crippen LogP contribution in [-0.4, -0.2) is 60.4 Å². The average Bonchev–Trinajstić information content (AvgIpc) is 2.42. The number of hydrogen-bond acceptors (Lipinski definition) is 7. The van der Waals surface area contributed by atoms with Gasteiger partial charge in [-0.05, 0) is 0 Å². The smallest absolute Gasteiger partial charge is 0.324 e. The molecule has 1 heterocycles. The van der Waals surface area contributed by atoms with Crippen molar-refractivity contribution in [1.29, 1.82) is 0 Å². The fraction of sp³-hybridized carbons (Fsp3) is 0.700. The van der Waals surface area contributed by atoms with Gasteiger partial charge in [0.15, 0.2) is 0 Å². The van der Waals surface area contributed by atoms with E-state index in [0.717, 1.165) is 11.0 Å². The number of anilines is 1. The summed E-state index contributed by atoms with van der Waals surface area (Å²) in [6, 6.07) is 0.466. The summed E-state index contributed by atoms with van der Waals surface area (Å²) in [5.41, 5.74) is 0. The minimum absolute atomic E-state index is 0.233. The van der Waals surface area contributed by atoms with Crippen LogP contribution in [0.5, 0.6) is 12.0 Å². The zero-order chi connectivity index (χ0) is 13.4. The summed E-state index contributed by atoms with van der Waals surface area (Å²) >= 11 is 2.27. The maximum Gasteiger partial charge on any atom is 0.324 e. The molecule has 0 aliphatic carbocycles. The summed E-state index contributed by atoms with van der Waals surface area (Å²) in [4.78, 5) is 14.1. The lowest BCUT2D eigenvalue weighted by atomic mass is 10.6. The summed E-state index contributed by atoms with van der Waals surface area (Å²) < 4.78 is 16.4. The summed E-state index contributed by atoms with van der Waals surface area (Å²) in [6.07, 6.45) is 0. The summed E-state index contributed by atoms with van der Waals surface area (Å²) in [6.45, 7) is 2.06. The number of rotatable bonds is 8. The SMILES string of the molecule is COc1nc(OC)nc(N(C)CCOCCI)n1. The van der Waals surface area contributed by atoms with Gasteiger partial charge in [0, 0.05) is 18.0 Å². The average molecular weight is 368 g/mol. The van der Waals surface area contributed by atoms with Gasteiger partial charge in [-0.3, -0.25) is 0 Å². The second-order valence-electron chi connectivity index (χ2n) is 3.33. The van der Waals surface area contributed by atoms with E-state index in [4.69, 9.17) is 14.2 Å². The van der Waals surface area contributed by atoms with Gasteiger partial charge in [0.05, 0.1) is 27.4 Å². The molecular weight excluding hydrogens is 351 g/mol. The van der Waals surface area contributed by atoms with Gasteiger partial charge >= 0.3 is 12.0 Å². The maximum atomic E-state index is 5.41. The minimum atomic E-state index is 0.233. The van der Waals surface area contributed by atoms with E-state index in [1.54, 1.807) is 0 Å². The van der Waals surface area contributed by atoms with Crippen LogP contribution in [0.1, 0.15) is 0 Å². The zero-order valence-corrected chi connectivity index (χ0v) is 12.9. The van der Waals surface area contributed by atoms with Gasteiger partial charge in [-0.2, -0.15) is 9.97 Å². The molecule has 0 N–H and O–H groups in total. The van der Waals surface area contributed by atoms with Crippen molar-refractivity contribution in [2.45, 2.75) is 0 Å². The second-order valence-corrected chi connectivity index (χ2v) is 4.41. The molecule has 0 spiro atoms. The van der Waals surface area contributed by atoms with E-state index >= 15 is 0 Å². The molecule has 1 aromatic heterocycles. The van der Waals surface area contributed by atoms with E-state index in [1.165, 1.54) is 14.2 Å². The topological polar surface area (TPSA) is 69.6 Å². The Kier molecular flexibility index (Phi) is 6.94. The molecule has 18 heavy (non-hydrogen) atoms. The lowest BCUT2D eigenvalue weighted by Gasteiger charge is -2.17. The van der Waals surface area contributed by atoms with Gasteiger partial charge < -0.3 is 19.1 Å². The first-order chi connectivity index (χ1) is 8.71. The van der Waals surface area contributed by atoms with Crippen molar-refractivity contribution in [3.8, 4) is 12.0 Å². The quantitative estimate of drug-likeness (QED) is 0.382. The highest BCUT2D eigenvalue weighted by Gasteiger charge is 2.10. The largest absolute Gasteiger partial charge is 0.467 e. The van der Waals surface area contributed by atoms with E-state index in [9.17, 15) is 0 Å². The first kappa shape index (κ1) is 15.2. The number of likely N-dealkylation sites (N-methyl/N-ethyl adjacent to an activating group) is 1. The lowest BCUT2D eigenvalue weighted by Crippen LogP contribution is -2.25. The summed E-state index contributed by atoms with van der Waals surface area (Å²) in [5.74, 6) is 0.497. The number of nitrogens with zero attached hydrogens (tertiary/aromatic N) is 4. The molecule has 0 amide bonds. The Bertz CT molecular complexity index is 345. The van der Waals surface area contributed by atoms with Crippen LogP contribution >= 0.6 is 22.6 Å². The molecule has 0 saturated heterocycles. The third-order valence-corrected chi connectivity index (χ3v) is 2.52. The van der Waals surface area contributed by atoms with E-state index in [1.807, 2.05) is 11.9 Å². The molecule has 102 valence electrons. The molecule has 1 rings (SSSR count). The van der Waals surface area contributed by atoms with Crippen LogP contribution in [0.15, 0.2) is 0 Å². The Balaban J connectivity index is 2.63. The van der Waals surface area contributed by atoms with E-state index in [0.29, 0.717) is 19.1 Å². The Morgan fingerprint density at radius 3 is 2.17 bits per heavy atom. The summed E-state index contributed by atoms with van der Waals surface area (Å²) in [5, 5.41) is 0. The van der Waals surface area contributed by atoms with E-state index in [-0.39, 0.29) is 12.0 Å². The number of ether oxygens (including phenoxy) is 3. The number of hydrogen-bond donors (Lipinski definition) is 0. The monoisotopic (exact) mass is 368 g/mol. The fourth-order valence-electron chi connectivity index (χ4n) is 1.14. The molecule has 0 atom stereocenters. The molecule has 0 fully saturated rings. The number of aromatic nitrogens is 3. The van der Waals surface area contributed by atoms with Crippen molar-refractivity contribution in [2.75, 3.05) is 50.4 Å². The van der Waals surface area contributed by atoms with E-state index in [2.05, 4.69) is 37.5 Å².